The Balaban J connectivity index is 2.34. The molecule has 0 atom stereocenters. The van der Waals surface area contributed by atoms with Crippen LogP contribution < -0.4 is 5.32 Å². The number of phenols is 4. The lowest BCUT2D eigenvalue weighted by molar-refractivity contribution is 0.368. The number of phenolic OH excluding ortho intramolecular Hbond substituents is 4. The number of benzene rings is 2. The third-order valence-electron chi connectivity index (χ3n) is 2.25. The van der Waals surface area contributed by atoms with E-state index in [0.717, 1.165) is 0 Å². The van der Waals surface area contributed by atoms with Crippen LogP contribution in [0, 0.1) is 0 Å². The van der Waals surface area contributed by atoms with Gasteiger partial charge in [-0.2, -0.15) is 0 Å². The lowest BCUT2D eigenvalue weighted by Gasteiger charge is -2.10. The molecule has 0 aliphatic rings. The van der Waals surface area contributed by atoms with Crippen LogP contribution in [0.25, 0.3) is 0 Å². The Kier molecular flexibility index (Phi) is 2.66. The summed E-state index contributed by atoms with van der Waals surface area (Å²) >= 11 is 0. The lowest BCUT2D eigenvalue weighted by atomic mass is 10.2. The molecule has 0 saturated carbocycles. The number of hydrogen-bond acceptors (Lipinski definition) is 5. The Bertz CT molecular complexity index is 531. The summed E-state index contributed by atoms with van der Waals surface area (Å²) in [5.41, 5.74) is 0.774. The highest BCUT2D eigenvalue weighted by atomic mass is 16.3. The summed E-state index contributed by atoms with van der Waals surface area (Å²) < 4.78 is 0. The van der Waals surface area contributed by atoms with Crippen LogP contribution in [0.1, 0.15) is 0 Å². The molecule has 0 aromatic heterocycles. The van der Waals surface area contributed by atoms with Crippen molar-refractivity contribution >= 4 is 11.4 Å². The number of rotatable bonds is 2. The second-order valence-electron chi connectivity index (χ2n) is 3.51. The fourth-order valence-corrected chi connectivity index (χ4v) is 1.41. The van der Waals surface area contributed by atoms with Gasteiger partial charge in [0.25, 0.3) is 0 Å². The summed E-state index contributed by atoms with van der Waals surface area (Å²) in [4.78, 5) is 0. The van der Waals surface area contributed by atoms with E-state index in [9.17, 15) is 20.4 Å². The standard InChI is InChI=1S/C12H11NO4/c14-9-4-2-1-3-8(9)13-7-5-10(15)12(17)11(16)6-7/h1-6,13-17H. The van der Waals surface area contributed by atoms with E-state index in [1.165, 1.54) is 18.2 Å². The molecule has 17 heavy (non-hydrogen) atoms. The minimum absolute atomic E-state index is 0.0413. The maximum Gasteiger partial charge on any atom is 0.200 e. The average molecular weight is 233 g/mol. The Morgan fingerprint density at radius 2 is 1.35 bits per heavy atom. The first-order valence-electron chi connectivity index (χ1n) is 4.88. The van der Waals surface area contributed by atoms with Crippen LogP contribution in [0.15, 0.2) is 36.4 Å². The quantitative estimate of drug-likeness (QED) is 0.405. The summed E-state index contributed by atoms with van der Waals surface area (Å²) in [5, 5.41) is 40.1. The summed E-state index contributed by atoms with van der Waals surface area (Å²) in [5.74, 6) is -1.42. The van der Waals surface area contributed by atoms with Gasteiger partial charge < -0.3 is 25.7 Å². The van der Waals surface area contributed by atoms with Crippen molar-refractivity contribution in [2.24, 2.45) is 0 Å². The van der Waals surface area contributed by atoms with Crippen molar-refractivity contribution in [3.8, 4) is 23.0 Å². The van der Waals surface area contributed by atoms with Crippen molar-refractivity contribution in [2.75, 3.05) is 5.32 Å². The molecular formula is C12H11NO4. The van der Waals surface area contributed by atoms with Gasteiger partial charge in [-0.15, -0.1) is 0 Å². The highest BCUT2D eigenvalue weighted by Crippen LogP contribution is 2.38. The van der Waals surface area contributed by atoms with Crippen molar-refractivity contribution in [3.63, 3.8) is 0 Å². The van der Waals surface area contributed by atoms with Gasteiger partial charge in [0.15, 0.2) is 17.2 Å². The maximum absolute atomic E-state index is 9.53. The fourth-order valence-electron chi connectivity index (χ4n) is 1.41. The van der Waals surface area contributed by atoms with Crippen LogP contribution in [0.4, 0.5) is 11.4 Å². The first-order chi connectivity index (χ1) is 8.08. The highest BCUT2D eigenvalue weighted by molar-refractivity contribution is 5.70. The number of aromatic hydroxyl groups is 4. The van der Waals surface area contributed by atoms with E-state index in [2.05, 4.69) is 5.32 Å². The number of anilines is 2. The monoisotopic (exact) mass is 233 g/mol. The largest absolute Gasteiger partial charge is 0.506 e. The molecule has 0 fully saturated rings. The first kappa shape index (κ1) is 10.9. The number of hydrogen-bond donors (Lipinski definition) is 5. The second kappa shape index (κ2) is 4.13. The van der Waals surface area contributed by atoms with Crippen molar-refractivity contribution in [2.45, 2.75) is 0 Å². The Labute approximate surface area is 97.2 Å². The molecule has 2 aromatic carbocycles. The molecule has 0 aliphatic heterocycles. The van der Waals surface area contributed by atoms with Crippen molar-refractivity contribution in [1.82, 2.24) is 0 Å². The van der Waals surface area contributed by atoms with Crippen molar-refractivity contribution in [1.29, 1.82) is 0 Å². The van der Waals surface area contributed by atoms with Gasteiger partial charge in [0.1, 0.15) is 5.75 Å². The van der Waals surface area contributed by atoms with Crippen molar-refractivity contribution in [3.05, 3.63) is 36.4 Å². The van der Waals surface area contributed by atoms with Gasteiger partial charge in [-0.05, 0) is 12.1 Å². The molecule has 0 unspecified atom stereocenters. The molecule has 0 aliphatic carbocycles. The predicted molar refractivity (Wildman–Crippen MR) is 62.8 cm³/mol. The van der Waals surface area contributed by atoms with E-state index in [4.69, 9.17) is 0 Å². The molecular weight excluding hydrogens is 222 g/mol. The molecule has 0 heterocycles. The molecule has 0 bridgehead atoms. The normalized spacial score (nSPS) is 10.1. The van der Waals surface area contributed by atoms with Gasteiger partial charge in [0.05, 0.1) is 5.69 Å². The molecule has 5 nitrogen and oxygen atoms in total. The van der Waals surface area contributed by atoms with Crippen LogP contribution >= 0.6 is 0 Å². The fraction of sp³-hybridized carbons (Fsp3) is 0. The zero-order valence-corrected chi connectivity index (χ0v) is 8.75. The van der Waals surface area contributed by atoms with E-state index in [1.807, 2.05) is 0 Å². The third kappa shape index (κ3) is 2.17. The SMILES string of the molecule is Oc1ccccc1Nc1cc(O)c(O)c(O)c1. The van der Waals surface area contributed by atoms with Gasteiger partial charge in [-0.3, -0.25) is 0 Å². The summed E-state index contributed by atoms with van der Waals surface area (Å²) in [6, 6.07) is 9.01. The number of nitrogens with one attached hydrogen (secondary N) is 1. The third-order valence-corrected chi connectivity index (χ3v) is 2.25. The van der Waals surface area contributed by atoms with Gasteiger partial charge >= 0.3 is 0 Å². The van der Waals surface area contributed by atoms with Crippen molar-refractivity contribution < 1.29 is 20.4 Å². The summed E-state index contributed by atoms with van der Waals surface area (Å²) in [6.45, 7) is 0. The van der Waals surface area contributed by atoms with Gasteiger partial charge in [-0.25, -0.2) is 0 Å². The molecule has 5 heteroatoms. The Morgan fingerprint density at radius 3 is 1.94 bits per heavy atom. The van der Waals surface area contributed by atoms with Gasteiger partial charge in [0.2, 0.25) is 0 Å². The smallest absolute Gasteiger partial charge is 0.200 e. The van der Waals surface area contributed by atoms with E-state index in [-0.39, 0.29) is 5.75 Å². The Morgan fingerprint density at radius 1 is 0.765 bits per heavy atom. The molecule has 0 radical (unpaired) electrons. The van der Waals surface area contributed by atoms with Crippen LogP contribution in [0.5, 0.6) is 23.0 Å². The van der Waals surface area contributed by atoms with Crippen LogP contribution in [-0.2, 0) is 0 Å². The molecule has 2 rings (SSSR count). The minimum Gasteiger partial charge on any atom is -0.506 e. The Hall–Kier alpha value is -2.56. The van der Waals surface area contributed by atoms with Gasteiger partial charge in [-0.1, -0.05) is 12.1 Å². The summed E-state index contributed by atoms with van der Waals surface area (Å²) in [6.07, 6.45) is 0. The van der Waals surface area contributed by atoms with Crippen LogP contribution in [-0.4, -0.2) is 20.4 Å². The zero-order valence-electron chi connectivity index (χ0n) is 8.75. The average Bonchev–Trinajstić information content (AvgIpc) is 2.29. The summed E-state index contributed by atoms with van der Waals surface area (Å²) in [7, 11) is 0. The second-order valence-corrected chi connectivity index (χ2v) is 3.51. The van der Waals surface area contributed by atoms with E-state index >= 15 is 0 Å². The van der Waals surface area contributed by atoms with Crippen LogP contribution in [0.2, 0.25) is 0 Å². The van der Waals surface area contributed by atoms with E-state index in [0.29, 0.717) is 11.4 Å². The van der Waals surface area contributed by atoms with E-state index in [1.54, 1.807) is 18.2 Å². The topological polar surface area (TPSA) is 93.0 Å². The molecule has 88 valence electrons. The minimum atomic E-state index is -0.576. The molecule has 0 amide bonds. The molecule has 0 saturated heterocycles. The number of para-hydroxylation sites is 2. The molecule has 5 N–H and O–H groups in total. The lowest BCUT2D eigenvalue weighted by Crippen LogP contribution is -1.90. The molecule has 2 aromatic rings. The highest BCUT2D eigenvalue weighted by Gasteiger charge is 2.09. The molecule has 0 spiro atoms. The van der Waals surface area contributed by atoms with Crippen LogP contribution in [0.3, 0.4) is 0 Å². The van der Waals surface area contributed by atoms with Gasteiger partial charge in [0, 0.05) is 17.8 Å². The first-order valence-corrected chi connectivity index (χ1v) is 4.88. The van der Waals surface area contributed by atoms with E-state index < -0.39 is 17.2 Å². The predicted octanol–water partition coefficient (Wildman–Crippen LogP) is 2.25. The zero-order chi connectivity index (χ0) is 12.4. The maximum atomic E-state index is 9.53.